The molecule has 0 fully saturated rings. The van der Waals surface area contributed by atoms with E-state index in [1.807, 2.05) is 11.5 Å². The van der Waals surface area contributed by atoms with Crippen LogP contribution in [0, 0.1) is 0 Å². The van der Waals surface area contributed by atoms with Crippen molar-refractivity contribution in [3.63, 3.8) is 0 Å². The Bertz CT molecular complexity index is 437. The van der Waals surface area contributed by atoms with Crippen molar-refractivity contribution in [3.05, 3.63) is 16.6 Å². The van der Waals surface area contributed by atoms with Gasteiger partial charge < -0.3 is 4.57 Å². The molecule has 1 aromatic rings. The van der Waals surface area contributed by atoms with E-state index >= 15 is 0 Å². The fourth-order valence-electron chi connectivity index (χ4n) is 1.11. The van der Waals surface area contributed by atoms with Gasteiger partial charge in [-0.25, -0.2) is 13.4 Å². The Balaban J connectivity index is 2.91. The van der Waals surface area contributed by atoms with Gasteiger partial charge in [0.2, 0.25) is 0 Å². The minimum absolute atomic E-state index is 0.0102. The lowest BCUT2D eigenvalue weighted by atomic mass is 10.5. The zero-order valence-electron chi connectivity index (χ0n) is 9.07. The number of nitrogens with zero attached hydrogens (tertiary/aromatic N) is 2. The highest BCUT2D eigenvalue weighted by Crippen LogP contribution is 2.14. The number of halogens is 1. The van der Waals surface area contributed by atoms with E-state index in [2.05, 4.69) is 20.9 Å². The van der Waals surface area contributed by atoms with Crippen LogP contribution in [0.5, 0.6) is 0 Å². The monoisotopic (exact) mass is 294 g/mol. The first-order valence-electron chi connectivity index (χ1n) is 4.80. The van der Waals surface area contributed by atoms with Gasteiger partial charge in [0.15, 0.2) is 14.6 Å². The summed E-state index contributed by atoms with van der Waals surface area (Å²) in [5.41, 5.74) is 0.595. The Labute approximate surface area is 98.8 Å². The van der Waals surface area contributed by atoms with Gasteiger partial charge in [0.1, 0.15) is 0 Å². The average molecular weight is 295 g/mol. The Hall–Kier alpha value is -0.360. The lowest BCUT2D eigenvalue weighted by Gasteiger charge is -2.04. The first kappa shape index (κ1) is 12.7. The maximum Gasteiger partial charge on any atom is 0.177 e. The Morgan fingerprint density at radius 2 is 2.13 bits per heavy atom. The molecule has 1 aromatic heterocycles. The van der Waals surface area contributed by atoms with Crippen LogP contribution < -0.4 is 0 Å². The molecular weight excluding hydrogens is 280 g/mol. The van der Waals surface area contributed by atoms with Crippen LogP contribution in [-0.4, -0.2) is 23.2 Å². The SMILES string of the molecule is CCn1cc(CS(=O)(=O)C(C)C)nc1Br. The minimum atomic E-state index is -3.06. The summed E-state index contributed by atoms with van der Waals surface area (Å²) in [5.74, 6) is 0.0102. The summed E-state index contributed by atoms with van der Waals surface area (Å²) in [6.07, 6.45) is 1.77. The summed E-state index contributed by atoms with van der Waals surface area (Å²) in [6.45, 7) is 6.12. The van der Waals surface area contributed by atoms with Gasteiger partial charge in [-0.1, -0.05) is 0 Å². The van der Waals surface area contributed by atoms with Crippen LogP contribution in [-0.2, 0) is 22.1 Å². The Kier molecular flexibility index (Phi) is 3.94. The minimum Gasteiger partial charge on any atom is -0.326 e. The summed E-state index contributed by atoms with van der Waals surface area (Å²) in [4.78, 5) is 4.15. The summed E-state index contributed by atoms with van der Waals surface area (Å²) in [6, 6.07) is 0. The molecule has 4 nitrogen and oxygen atoms in total. The molecule has 0 aliphatic rings. The van der Waals surface area contributed by atoms with Crippen LogP contribution in [0.4, 0.5) is 0 Å². The van der Waals surface area contributed by atoms with Crippen LogP contribution >= 0.6 is 15.9 Å². The topological polar surface area (TPSA) is 52.0 Å². The number of hydrogen-bond donors (Lipinski definition) is 0. The number of imidazole rings is 1. The molecule has 0 bridgehead atoms. The van der Waals surface area contributed by atoms with Crippen LogP contribution in [0.25, 0.3) is 0 Å². The summed E-state index contributed by atoms with van der Waals surface area (Å²) >= 11 is 3.28. The predicted octanol–water partition coefficient (Wildman–Crippen LogP) is 1.99. The fourth-order valence-corrected chi connectivity index (χ4v) is 2.57. The van der Waals surface area contributed by atoms with Crippen molar-refractivity contribution >= 4 is 25.8 Å². The van der Waals surface area contributed by atoms with Crippen molar-refractivity contribution in [2.45, 2.75) is 38.3 Å². The first-order chi connectivity index (χ1) is 6.86. The van der Waals surface area contributed by atoms with Gasteiger partial charge in [-0.3, -0.25) is 0 Å². The number of sulfone groups is 1. The third-order valence-corrected chi connectivity index (χ3v) is 4.95. The lowest BCUT2D eigenvalue weighted by Crippen LogP contribution is -2.16. The molecule has 1 rings (SSSR count). The van der Waals surface area contributed by atoms with Crippen molar-refractivity contribution < 1.29 is 8.42 Å². The largest absolute Gasteiger partial charge is 0.326 e. The zero-order valence-corrected chi connectivity index (χ0v) is 11.5. The average Bonchev–Trinajstić information content (AvgIpc) is 2.44. The van der Waals surface area contributed by atoms with E-state index in [-0.39, 0.29) is 11.0 Å². The van der Waals surface area contributed by atoms with Crippen LogP contribution in [0.3, 0.4) is 0 Å². The van der Waals surface area contributed by atoms with Gasteiger partial charge in [-0.15, -0.1) is 0 Å². The molecule has 0 unspecified atom stereocenters. The summed E-state index contributed by atoms with van der Waals surface area (Å²) < 4.78 is 25.8. The molecule has 0 aliphatic heterocycles. The molecule has 0 spiro atoms. The molecule has 86 valence electrons. The second kappa shape index (κ2) is 4.65. The number of aromatic nitrogens is 2. The van der Waals surface area contributed by atoms with E-state index in [0.717, 1.165) is 6.54 Å². The molecule has 0 aromatic carbocycles. The van der Waals surface area contributed by atoms with Crippen LogP contribution in [0.1, 0.15) is 26.5 Å². The van der Waals surface area contributed by atoms with E-state index < -0.39 is 9.84 Å². The van der Waals surface area contributed by atoms with Gasteiger partial charge in [0.05, 0.1) is 16.7 Å². The third kappa shape index (κ3) is 3.04. The van der Waals surface area contributed by atoms with E-state index in [9.17, 15) is 8.42 Å². The van der Waals surface area contributed by atoms with Gasteiger partial charge in [0, 0.05) is 12.7 Å². The molecule has 0 radical (unpaired) electrons. The lowest BCUT2D eigenvalue weighted by molar-refractivity contribution is 0.586. The molecule has 0 saturated heterocycles. The van der Waals surface area contributed by atoms with Crippen molar-refractivity contribution in [1.29, 1.82) is 0 Å². The summed E-state index contributed by atoms with van der Waals surface area (Å²) in [7, 11) is -3.06. The molecule has 0 atom stereocenters. The summed E-state index contributed by atoms with van der Waals surface area (Å²) in [5, 5.41) is -0.358. The molecule has 0 aliphatic carbocycles. The molecule has 15 heavy (non-hydrogen) atoms. The maximum absolute atomic E-state index is 11.6. The van der Waals surface area contributed by atoms with Gasteiger partial charge in [-0.05, 0) is 36.7 Å². The maximum atomic E-state index is 11.6. The van der Waals surface area contributed by atoms with Gasteiger partial charge in [0.25, 0.3) is 0 Å². The van der Waals surface area contributed by atoms with E-state index in [1.54, 1.807) is 20.0 Å². The van der Waals surface area contributed by atoms with Gasteiger partial charge >= 0.3 is 0 Å². The molecule has 1 heterocycles. The fraction of sp³-hybridized carbons (Fsp3) is 0.667. The highest BCUT2D eigenvalue weighted by molar-refractivity contribution is 9.10. The number of aryl methyl sites for hydroxylation is 1. The third-order valence-electron chi connectivity index (χ3n) is 2.19. The van der Waals surface area contributed by atoms with Crippen molar-refractivity contribution in [3.8, 4) is 0 Å². The quantitative estimate of drug-likeness (QED) is 0.853. The molecular formula is C9H15BrN2O2S. The second-order valence-corrected chi connectivity index (χ2v) is 6.91. The number of rotatable bonds is 4. The molecule has 0 saturated carbocycles. The standard InChI is InChI=1S/C9H15BrN2O2S/c1-4-12-5-8(11-9(12)10)6-15(13,14)7(2)3/h5,7H,4,6H2,1-3H3. The molecule has 0 amide bonds. The predicted molar refractivity (Wildman–Crippen MR) is 63.4 cm³/mol. The highest BCUT2D eigenvalue weighted by Gasteiger charge is 2.19. The van der Waals surface area contributed by atoms with Crippen LogP contribution in [0.2, 0.25) is 0 Å². The van der Waals surface area contributed by atoms with Crippen molar-refractivity contribution in [1.82, 2.24) is 9.55 Å². The van der Waals surface area contributed by atoms with E-state index in [0.29, 0.717) is 10.4 Å². The van der Waals surface area contributed by atoms with Crippen molar-refractivity contribution in [2.75, 3.05) is 0 Å². The van der Waals surface area contributed by atoms with Crippen molar-refractivity contribution in [2.24, 2.45) is 0 Å². The van der Waals surface area contributed by atoms with E-state index in [1.165, 1.54) is 0 Å². The Morgan fingerprint density at radius 1 is 1.53 bits per heavy atom. The second-order valence-electron chi connectivity index (χ2n) is 3.64. The van der Waals surface area contributed by atoms with Crippen LogP contribution in [0.15, 0.2) is 10.9 Å². The number of hydrogen-bond acceptors (Lipinski definition) is 3. The van der Waals surface area contributed by atoms with E-state index in [4.69, 9.17) is 0 Å². The molecule has 6 heteroatoms. The molecule has 0 N–H and O–H groups in total. The first-order valence-corrected chi connectivity index (χ1v) is 7.30. The Morgan fingerprint density at radius 3 is 2.53 bits per heavy atom. The highest BCUT2D eigenvalue weighted by atomic mass is 79.9. The normalized spacial score (nSPS) is 12.3. The zero-order chi connectivity index (χ0) is 11.6. The smallest absolute Gasteiger partial charge is 0.177 e. The van der Waals surface area contributed by atoms with Gasteiger partial charge in [-0.2, -0.15) is 0 Å².